The van der Waals surface area contributed by atoms with Crippen molar-refractivity contribution in [2.24, 2.45) is 11.3 Å². The van der Waals surface area contributed by atoms with Crippen LogP contribution in [0.1, 0.15) is 272 Å². The summed E-state index contributed by atoms with van der Waals surface area (Å²) in [7, 11) is 0. The van der Waals surface area contributed by atoms with Crippen molar-refractivity contribution in [3.8, 4) is 0 Å². The van der Waals surface area contributed by atoms with Crippen LogP contribution in [0.2, 0.25) is 0 Å². The Bertz CT molecular complexity index is 976. The molecule has 1 rings (SSSR count). The van der Waals surface area contributed by atoms with E-state index in [9.17, 15) is 14.4 Å². The highest BCUT2D eigenvalue weighted by atomic mass is 16.5. The van der Waals surface area contributed by atoms with Crippen LogP contribution in [-0.2, 0) is 23.9 Å². The van der Waals surface area contributed by atoms with E-state index in [4.69, 9.17) is 9.47 Å². The van der Waals surface area contributed by atoms with Gasteiger partial charge in [-0.25, -0.2) is 0 Å². The molecule has 354 valence electrons. The molecule has 0 aliphatic heterocycles. The summed E-state index contributed by atoms with van der Waals surface area (Å²) in [6.45, 7) is 15.7. The number of carbonyl (C=O) groups is 3. The molecule has 1 saturated carbocycles. The summed E-state index contributed by atoms with van der Waals surface area (Å²) in [5, 5.41) is 3.22. The maximum absolute atomic E-state index is 12.9. The van der Waals surface area contributed by atoms with Crippen molar-refractivity contribution >= 4 is 17.8 Å². The zero-order valence-corrected chi connectivity index (χ0v) is 40.8. The topological polar surface area (TPSA) is 84.9 Å². The molecule has 1 fully saturated rings. The highest BCUT2D eigenvalue weighted by Gasteiger charge is 2.38. The van der Waals surface area contributed by atoms with E-state index in [1.165, 1.54) is 148 Å². The molecule has 0 aromatic heterocycles. The average Bonchev–Trinajstić information content (AvgIpc) is 3.23. The first kappa shape index (κ1) is 56.4. The van der Waals surface area contributed by atoms with Gasteiger partial charge in [0.15, 0.2) is 0 Å². The predicted molar refractivity (Wildman–Crippen MR) is 255 cm³/mol. The van der Waals surface area contributed by atoms with E-state index in [1.54, 1.807) is 0 Å². The van der Waals surface area contributed by atoms with E-state index in [2.05, 4.69) is 44.8 Å². The van der Waals surface area contributed by atoms with Crippen molar-refractivity contribution in [3.63, 3.8) is 0 Å². The van der Waals surface area contributed by atoms with Gasteiger partial charge in [0.25, 0.3) is 0 Å². The number of esters is 2. The van der Waals surface area contributed by atoms with Crippen molar-refractivity contribution in [3.05, 3.63) is 0 Å². The summed E-state index contributed by atoms with van der Waals surface area (Å²) >= 11 is 0. The van der Waals surface area contributed by atoms with E-state index in [0.29, 0.717) is 25.4 Å². The number of nitrogens with one attached hydrogen (secondary N) is 1. The number of unbranched alkanes of at least 4 members (excludes halogenated alkanes) is 20. The van der Waals surface area contributed by atoms with Gasteiger partial charge in [0.2, 0.25) is 5.91 Å². The van der Waals surface area contributed by atoms with Crippen molar-refractivity contribution in [2.45, 2.75) is 278 Å². The van der Waals surface area contributed by atoms with Gasteiger partial charge < -0.3 is 19.7 Å². The van der Waals surface area contributed by atoms with Crippen LogP contribution >= 0.6 is 0 Å². The van der Waals surface area contributed by atoms with Crippen molar-refractivity contribution in [1.29, 1.82) is 0 Å². The molecule has 0 atom stereocenters. The maximum atomic E-state index is 12.9. The van der Waals surface area contributed by atoms with Crippen LogP contribution in [0.3, 0.4) is 0 Å². The Kier molecular flexibility index (Phi) is 37.7. The number of ether oxygens (including phenoxy) is 2. The van der Waals surface area contributed by atoms with Gasteiger partial charge in [0.05, 0.1) is 6.61 Å². The van der Waals surface area contributed by atoms with Gasteiger partial charge in [-0.05, 0) is 103 Å². The molecule has 0 radical (unpaired) electrons. The minimum atomic E-state index is -0.137. The highest BCUT2D eigenvalue weighted by molar-refractivity contribution is 5.83. The normalized spacial score (nSPS) is 13.6. The molecule has 0 spiro atoms. The molecule has 1 N–H and O–H groups in total. The minimum Gasteiger partial charge on any atom is -0.466 e. The summed E-state index contributed by atoms with van der Waals surface area (Å²) in [6.07, 6.45) is 42.5. The molecule has 0 unspecified atom stereocenters. The Morgan fingerprint density at radius 1 is 0.517 bits per heavy atom. The van der Waals surface area contributed by atoms with E-state index in [1.807, 2.05) is 0 Å². The molecule has 60 heavy (non-hydrogen) atoms. The van der Waals surface area contributed by atoms with Gasteiger partial charge in [-0.1, -0.05) is 182 Å². The van der Waals surface area contributed by atoms with Crippen LogP contribution in [0.15, 0.2) is 0 Å². The smallest absolute Gasteiger partial charge is 0.306 e. The third kappa shape index (κ3) is 32.1. The molecular formula is C53H102N2O5. The van der Waals surface area contributed by atoms with Crippen LogP contribution in [-0.4, -0.2) is 61.6 Å². The molecular weight excluding hydrogens is 745 g/mol. The lowest BCUT2D eigenvalue weighted by atomic mass is 9.70. The van der Waals surface area contributed by atoms with Gasteiger partial charge in [0, 0.05) is 24.8 Å². The number of hydrogen-bond acceptors (Lipinski definition) is 6. The second kappa shape index (κ2) is 40.2. The molecule has 0 aromatic carbocycles. The molecule has 7 nitrogen and oxygen atoms in total. The molecule has 0 saturated heterocycles. The van der Waals surface area contributed by atoms with Gasteiger partial charge in [-0.15, -0.1) is 0 Å². The fourth-order valence-corrected chi connectivity index (χ4v) is 8.90. The zero-order valence-electron chi connectivity index (χ0n) is 40.8. The number of carbonyl (C=O) groups excluding carboxylic acids is 3. The SMILES string of the molecule is CCCCCCCCC(CCCCCCCC)OC(=O)CCCCCCCN(CCCCCCCC(=O)OCCC(CCCC)CCCC)CCCNC(=O)C1(C)CCC1. The second-order valence-electron chi connectivity index (χ2n) is 19.3. The largest absolute Gasteiger partial charge is 0.466 e. The van der Waals surface area contributed by atoms with Crippen LogP contribution in [0.5, 0.6) is 0 Å². The van der Waals surface area contributed by atoms with Crippen molar-refractivity contribution in [1.82, 2.24) is 10.2 Å². The number of rotatable bonds is 45. The van der Waals surface area contributed by atoms with Crippen molar-refractivity contribution in [2.75, 3.05) is 32.8 Å². The van der Waals surface area contributed by atoms with E-state index < -0.39 is 0 Å². The molecule has 1 amide bonds. The Balaban J connectivity index is 2.36. The summed E-state index contributed by atoms with van der Waals surface area (Å²) in [5.41, 5.74) is -0.137. The molecule has 0 aromatic rings. The lowest BCUT2D eigenvalue weighted by Crippen LogP contribution is -2.44. The molecule has 0 bridgehead atoms. The number of hydrogen-bond donors (Lipinski definition) is 1. The van der Waals surface area contributed by atoms with Crippen LogP contribution in [0.25, 0.3) is 0 Å². The Hall–Kier alpha value is -1.63. The third-order valence-electron chi connectivity index (χ3n) is 13.4. The summed E-state index contributed by atoms with van der Waals surface area (Å²) in [6, 6.07) is 0. The number of nitrogens with zero attached hydrogens (tertiary/aromatic N) is 1. The first-order chi connectivity index (χ1) is 29.3. The Morgan fingerprint density at radius 3 is 1.47 bits per heavy atom. The van der Waals surface area contributed by atoms with Gasteiger partial charge >= 0.3 is 11.9 Å². The maximum Gasteiger partial charge on any atom is 0.306 e. The van der Waals surface area contributed by atoms with Crippen LogP contribution < -0.4 is 5.32 Å². The van der Waals surface area contributed by atoms with Crippen LogP contribution in [0.4, 0.5) is 0 Å². The Morgan fingerprint density at radius 2 is 0.967 bits per heavy atom. The predicted octanol–water partition coefficient (Wildman–Crippen LogP) is 15.0. The molecule has 1 aliphatic rings. The fraction of sp³-hybridized carbons (Fsp3) is 0.943. The number of amides is 1. The lowest BCUT2D eigenvalue weighted by molar-refractivity contribution is -0.150. The fourth-order valence-electron chi connectivity index (χ4n) is 8.90. The van der Waals surface area contributed by atoms with Crippen LogP contribution in [0, 0.1) is 11.3 Å². The third-order valence-corrected chi connectivity index (χ3v) is 13.4. The first-order valence-corrected chi connectivity index (χ1v) is 26.6. The summed E-state index contributed by atoms with van der Waals surface area (Å²) in [4.78, 5) is 40.5. The Labute approximate surface area is 373 Å². The standard InChI is InChI=1S/C53H102N2O5/c1-6-10-14-16-20-26-36-49(37-27-21-17-15-11-7-2)60-51(57)39-29-23-19-25-31-45-55(46-33-43-54-52(58)53(5)41-32-42-53)44-30-24-18-22-28-38-50(56)59-47-40-48(34-12-8-3)35-13-9-4/h48-49H,6-47H2,1-5H3,(H,54,58). The van der Waals surface area contributed by atoms with Crippen molar-refractivity contribution < 1.29 is 23.9 Å². The highest BCUT2D eigenvalue weighted by Crippen LogP contribution is 2.40. The molecule has 0 heterocycles. The van der Waals surface area contributed by atoms with Gasteiger partial charge in [0.1, 0.15) is 6.10 Å². The second-order valence-corrected chi connectivity index (χ2v) is 19.3. The minimum absolute atomic E-state index is 0.0181. The summed E-state index contributed by atoms with van der Waals surface area (Å²) < 4.78 is 11.7. The van der Waals surface area contributed by atoms with E-state index in [0.717, 1.165) is 103 Å². The van der Waals surface area contributed by atoms with E-state index >= 15 is 0 Å². The van der Waals surface area contributed by atoms with E-state index in [-0.39, 0.29) is 29.4 Å². The average molecular weight is 847 g/mol. The zero-order chi connectivity index (χ0) is 43.8. The lowest BCUT2D eigenvalue weighted by Gasteiger charge is -2.36. The molecule has 7 heteroatoms. The van der Waals surface area contributed by atoms with Gasteiger partial charge in [-0.3, -0.25) is 14.4 Å². The summed E-state index contributed by atoms with van der Waals surface area (Å²) in [5.74, 6) is 0.939. The first-order valence-electron chi connectivity index (χ1n) is 26.6. The monoisotopic (exact) mass is 847 g/mol. The molecule has 1 aliphatic carbocycles. The quantitative estimate of drug-likeness (QED) is 0.0485. The van der Waals surface area contributed by atoms with Gasteiger partial charge in [-0.2, -0.15) is 0 Å².